The fraction of sp³-hybridized carbons (Fsp3) is 0.391. The van der Waals surface area contributed by atoms with Crippen molar-refractivity contribution in [3.05, 3.63) is 87.1 Å². The van der Waals surface area contributed by atoms with Crippen LogP contribution in [-0.2, 0) is 32.9 Å². The van der Waals surface area contributed by atoms with Crippen LogP contribution in [0.4, 0.5) is 26.3 Å². The van der Waals surface area contributed by atoms with Gasteiger partial charge in [0.15, 0.2) is 6.29 Å². The molecule has 0 unspecified atom stereocenters. The number of ether oxygens (including phenoxy) is 2. The first-order valence-corrected chi connectivity index (χ1v) is 13.2. The molecule has 1 fully saturated rings. The second-order valence-corrected chi connectivity index (χ2v) is 10.4. The highest BCUT2D eigenvalue weighted by Crippen LogP contribution is 2.40. The number of morpholine rings is 1. The number of hydrogen-bond acceptors (Lipinski definition) is 6. The summed E-state index contributed by atoms with van der Waals surface area (Å²) in [5, 5.41) is 3.65. The van der Waals surface area contributed by atoms with E-state index in [-0.39, 0.29) is 41.6 Å². The SMILES string of the molecule is C[C@@H](O[C@H]1OCCN(Cc2nn(P(=O)(O)O)c(=O)[nH]2)[C@@H]1c1ccccc1)c1cc(C(F)(F)F)cc(C(F)(F)F)c1. The van der Waals surface area contributed by atoms with Crippen molar-refractivity contribution in [2.75, 3.05) is 13.2 Å². The fourth-order valence-corrected chi connectivity index (χ4v) is 4.80. The number of hydrogen-bond donors (Lipinski definition) is 3. The third-order valence-corrected chi connectivity index (χ3v) is 6.88. The molecule has 0 spiro atoms. The third-order valence-electron chi connectivity index (χ3n) is 6.12. The number of H-pyrrole nitrogens is 1. The number of alkyl halides is 6. The quantitative estimate of drug-likeness (QED) is 0.273. The standard InChI is InChI=1S/C23H23F6N4O6P/c1-13(15-9-16(22(24,25)26)11-17(10-15)23(27,28)29)39-20-19(14-5-3-2-4-6-14)32(7-8-38-20)12-18-30-21(34)33(31-18)40(35,36)37/h2-6,9-11,13,19-20H,7-8,12H2,1H3,(H,30,31,34)(H2,35,36,37)/t13-,19-,20-/m1/s1. The summed E-state index contributed by atoms with van der Waals surface area (Å²) in [4.78, 5) is 34.5. The van der Waals surface area contributed by atoms with E-state index in [2.05, 4.69) is 10.1 Å². The van der Waals surface area contributed by atoms with E-state index in [1.807, 2.05) is 0 Å². The summed E-state index contributed by atoms with van der Waals surface area (Å²) in [5.41, 5.74) is -3.89. The van der Waals surface area contributed by atoms with Crippen LogP contribution in [0.1, 0.15) is 47.1 Å². The van der Waals surface area contributed by atoms with Crippen LogP contribution < -0.4 is 5.69 Å². The number of nitrogens with one attached hydrogen (secondary N) is 1. The maximum Gasteiger partial charge on any atom is 0.454 e. The van der Waals surface area contributed by atoms with Gasteiger partial charge in [0, 0.05) is 6.54 Å². The minimum Gasteiger partial charge on any atom is -0.349 e. The third kappa shape index (κ3) is 6.82. The van der Waals surface area contributed by atoms with E-state index in [1.165, 1.54) is 6.92 Å². The molecule has 1 saturated heterocycles. The van der Waals surface area contributed by atoms with E-state index in [9.17, 15) is 45.5 Å². The molecule has 1 aliphatic rings. The van der Waals surface area contributed by atoms with Crippen LogP contribution in [-0.4, -0.2) is 48.7 Å². The molecule has 1 aromatic heterocycles. The summed E-state index contributed by atoms with van der Waals surface area (Å²) in [6.07, 6.45) is -12.6. The van der Waals surface area contributed by atoms with Gasteiger partial charge in [-0.05, 0) is 36.2 Å². The van der Waals surface area contributed by atoms with Crippen LogP contribution >= 0.6 is 7.75 Å². The lowest BCUT2D eigenvalue weighted by atomic mass is 10.0. The zero-order valence-electron chi connectivity index (χ0n) is 20.6. The summed E-state index contributed by atoms with van der Waals surface area (Å²) in [5.74, 6) is -0.101. The molecule has 4 rings (SSSR count). The predicted molar refractivity (Wildman–Crippen MR) is 126 cm³/mol. The molecule has 0 radical (unpaired) electrons. The molecule has 2 aromatic carbocycles. The maximum atomic E-state index is 13.4. The van der Waals surface area contributed by atoms with E-state index in [4.69, 9.17) is 9.47 Å². The van der Waals surface area contributed by atoms with E-state index in [0.717, 1.165) is 0 Å². The smallest absolute Gasteiger partial charge is 0.349 e. The maximum absolute atomic E-state index is 13.4. The Hall–Kier alpha value is -3.01. The van der Waals surface area contributed by atoms with Crippen molar-refractivity contribution in [1.82, 2.24) is 19.4 Å². The van der Waals surface area contributed by atoms with Gasteiger partial charge in [-0.25, -0.2) is 9.36 Å². The van der Waals surface area contributed by atoms with Crippen LogP contribution in [0.3, 0.4) is 0 Å². The molecule has 3 atom stereocenters. The first-order valence-electron chi connectivity index (χ1n) is 11.6. The highest BCUT2D eigenvalue weighted by molar-refractivity contribution is 7.49. The molecule has 3 N–H and O–H groups in total. The molecule has 40 heavy (non-hydrogen) atoms. The zero-order valence-corrected chi connectivity index (χ0v) is 21.5. The molecule has 0 saturated carbocycles. The zero-order chi connectivity index (χ0) is 29.5. The van der Waals surface area contributed by atoms with Crippen LogP contribution in [0.2, 0.25) is 0 Å². The highest BCUT2D eigenvalue weighted by atomic mass is 31.2. The van der Waals surface area contributed by atoms with Crippen LogP contribution in [0, 0.1) is 0 Å². The summed E-state index contributed by atoms with van der Waals surface area (Å²) < 4.78 is 103. The number of aromatic nitrogens is 3. The fourth-order valence-electron chi connectivity index (χ4n) is 4.29. The Balaban J connectivity index is 1.66. The van der Waals surface area contributed by atoms with E-state index >= 15 is 0 Å². The molecule has 0 amide bonds. The normalized spacial score (nSPS) is 20.0. The van der Waals surface area contributed by atoms with Gasteiger partial charge in [-0.15, -0.1) is 9.55 Å². The average molecular weight is 596 g/mol. The van der Waals surface area contributed by atoms with Crippen molar-refractivity contribution in [3.63, 3.8) is 0 Å². The molecule has 0 aliphatic carbocycles. The molecule has 0 bridgehead atoms. The highest BCUT2D eigenvalue weighted by Gasteiger charge is 2.39. The second kappa shape index (κ2) is 11.1. The van der Waals surface area contributed by atoms with E-state index in [0.29, 0.717) is 17.7 Å². The van der Waals surface area contributed by atoms with Gasteiger partial charge in [-0.3, -0.25) is 9.88 Å². The number of rotatable bonds is 7. The summed E-state index contributed by atoms with van der Waals surface area (Å²) in [6.45, 7) is 1.36. The Bertz CT molecular complexity index is 1410. The monoisotopic (exact) mass is 596 g/mol. The molecular weight excluding hydrogens is 573 g/mol. The summed E-state index contributed by atoms with van der Waals surface area (Å²) in [7, 11) is -5.03. The minimum absolute atomic E-state index is 0.00222. The van der Waals surface area contributed by atoms with Crippen molar-refractivity contribution in [2.45, 2.75) is 44.3 Å². The van der Waals surface area contributed by atoms with Gasteiger partial charge in [-0.2, -0.15) is 26.3 Å². The predicted octanol–water partition coefficient (Wildman–Crippen LogP) is 4.23. The van der Waals surface area contributed by atoms with Crippen LogP contribution in [0.5, 0.6) is 0 Å². The molecule has 10 nitrogen and oxygen atoms in total. The Morgan fingerprint density at radius 1 is 1.10 bits per heavy atom. The molecule has 218 valence electrons. The average Bonchev–Trinajstić information content (AvgIpc) is 3.24. The van der Waals surface area contributed by atoms with Gasteiger partial charge in [0.25, 0.3) is 0 Å². The van der Waals surface area contributed by atoms with Gasteiger partial charge in [-0.1, -0.05) is 30.3 Å². The Morgan fingerprint density at radius 3 is 2.23 bits per heavy atom. The van der Waals surface area contributed by atoms with E-state index < -0.39 is 55.4 Å². The summed E-state index contributed by atoms with van der Waals surface area (Å²) in [6, 6.07) is 8.87. The summed E-state index contributed by atoms with van der Waals surface area (Å²) >= 11 is 0. The number of aromatic amines is 1. The minimum atomic E-state index is -5.03. The van der Waals surface area contributed by atoms with E-state index in [1.54, 1.807) is 35.2 Å². The van der Waals surface area contributed by atoms with Gasteiger partial charge in [0.1, 0.15) is 5.82 Å². The Labute approximate surface area is 222 Å². The topological polar surface area (TPSA) is 130 Å². The van der Waals surface area contributed by atoms with Crippen molar-refractivity contribution < 1.29 is 50.2 Å². The van der Waals surface area contributed by atoms with Gasteiger partial charge >= 0.3 is 25.8 Å². The molecule has 3 aromatic rings. The first kappa shape index (κ1) is 30.0. The number of halogens is 6. The van der Waals surface area contributed by atoms with Crippen molar-refractivity contribution in [3.8, 4) is 0 Å². The van der Waals surface area contributed by atoms with Crippen LogP contribution in [0.15, 0.2) is 53.3 Å². The van der Waals surface area contributed by atoms with Crippen molar-refractivity contribution >= 4 is 7.75 Å². The first-order chi connectivity index (χ1) is 18.5. The van der Waals surface area contributed by atoms with Gasteiger partial charge in [0.2, 0.25) is 0 Å². The Kier molecular flexibility index (Phi) is 8.32. The van der Waals surface area contributed by atoms with Crippen molar-refractivity contribution in [2.24, 2.45) is 0 Å². The lowest BCUT2D eigenvalue weighted by Crippen LogP contribution is -2.46. The molecule has 17 heteroatoms. The van der Waals surface area contributed by atoms with Crippen molar-refractivity contribution in [1.29, 1.82) is 0 Å². The number of nitrogens with zero attached hydrogens (tertiary/aromatic N) is 3. The Morgan fingerprint density at radius 2 is 1.70 bits per heavy atom. The second-order valence-electron chi connectivity index (χ2n) is 8.96. The van der Waals surface area contributed by atoms with Gasteiger partial charge in [0.05, 0.1) is 36.4 Å². The lowest BCUT2D eigenvalue weighted by molar-refractivity contribution is -0.231. The van der Waals surface area contributed by atoms with Gasteiger partial charge < -0.3 is 19.3 Å². The molecular formula is C23H23F6N4O6P. The molecule has 1 aliphatic heterocycles. The largest absolute Gasteiger partial charge is 0.454 e. The molecule has 2 heterocycles. The number of benzene rings is 2. The van der Waals surface area contributed by atoms with Crippen LogP contribution in [0.25, 0.3) is 0 Å². The lowest BCUT2D eigenvalue weighted by Gasteiger charge is -2.41.